The van der Waals surface area contributed by atoms with E-state index in [0.717, 1.165) is 0 Å². The van der Waals surface area contributed by atoms with Crippen LogP contribution in [0.3, 0.4) is 0 Å². The van der Waals surface area contributed by atoms with Crippen LogP contribution >= 0.6 is 0 Å². The molecule has 7 heteroatoms. The number of ketones is 2. The zero-order valence-electron chi connectivity index (χ0n) is 16.6. The van der Waals surface area contributed by atoms with Gasteiger partial charge < -0.3 is 15.3 Å². The van der Waals surface area contributed by atoms with Crippen molar-refractivity contribution in [2.24, 2.45) is 28.6 Å². The fraction of sp³-hybridized carbons (Fsp3) is 0.727. The van der Waals surface area contributed by atoms with Crippen LogP contribution in [-0.2, 0) is 9.59 Å². The van der Waals surface area contributed by atoms with E-state index in [1.165, 1.54) is 12.2 Å². The molecule has 4 aliphatic rings. The third-order valence-corrected chi connectivity index (χ3v) is 8.79. The van der Waals surface area contributed by atoms with Gasteiger partial charge in [0.1, 0.15) is 12.2 Å². The van der Waals surface area contributed by atoms with E-state index in [-0.39, 0.29) is 47.7 Å². The first-order valence-corrected chi connectivity index (χ1v) is 10.1. The fourth-order valence-electron chi connectivity index (χ4n) is 7.26. The Morgan fingerprint density at radius 3 is 2.59 bits per heavy atom. The molecule has 0 spiro atoms. The third-order valence-electron chi connectivity index (χ3n) is 8.79. The minimum atomic E-state index is -1.98. The average molecular weight is 416 g/mol. The summed E-state index contributed by atoms with van der Waals surface area (Å²) in [6, 6.07) is 0. The molecule has 156 valence electrons. The van der Waals surface area contributed by atoms with E-state index >= 15 is 4.39 Å². The number of rotatable bonds is 2. The second-order valence-corrected chi connectivity index (χ2v) is 9.75. The average Bonchev–Trinajstić information content (AvgIpc) is 2.84. The van der Waals surface area contributed by atoms with Crippen LogP contribution in [0, 0.1) is 28.6 Å². The first kappa shape index (κ1) is 23.3. The molecule has 0 aromatic heterocycles. The molecular formula is C22H30FNaO5. The van der Waals surface area contributed by atoms with Crippen LogP contribution in [-0.4, -0.2) is 80.4 Å². The molecule has 3 N–H and O–H groups in total. The van der Waals surface area contributed by atoms with Gasteiger partial charge in [0.15, 0.2) is 17.2 Å². The van der Waals surface area contributed by atoms with Crippen LogP contribution in [0.15, 0.2) is 23.8 Å². The van der Waals surface area contributed by atoms with Gasteiger partial charge in [0.2, 0.25) is 0 Å². The van der Waals surface area contributed by atoms with Gasteiger partial charge in [-0.15, -0.1) is 0 Å². The van der Waals surface area contributed by atoms with Crippen molar-refractivity contribution < 1.29 is 29.3 Å². The number of aliphatic hydroxyl groups is 3. The molecule has 0 bridgehead atoms. The molecule has 3 saturated carbocycles. The van der Waals surface area contributed by atoms with E-state index < -0.39 is 52.4 Å². The summed E-state index contributed by atoms with van der Waals surface area (Å²) in [5.74, 6) is -2.12. The summed E-state index contributed by atoms with van der Waals surface area (Å²) in [6.07, 6.45) is 4.44. The molecule has 0 aromatic rings. The SMILES string of the molecule is C[C@H]1C[C@H]2[C@@H]3CCC4=CC(=O)C=C[C@]4(C)[C@@]3(F)[C@@H](O)C[C@]2(C)[C@@]1(O)C(=O)CO.[NaH]. The number of hydrogen-bond acceptors (Lipinski definition) is 5. The summed E-state index contributed by atoms with van der Waals surface area (Å²) >= 11 is 0. The van der Waals surface area contributed by atoms with Crippen LogP contribution < -0.4 is 0 Å². The van der Waals surface area contributed by atoms with Gasteiger partial charge in [-0.3, -0.25) is 9.59 Å². The van der Waals surface area contributed by atoms with E-state index in [1.54, 1.807) is 26.8 Å². The number of alkyl halides is 1. The van der Waals surface area contributed by atoms with Crippen LogP contribution in [0.1, 0.15) is 46.5 Å². The van der Waals surface area contributed by atoms with Crippen molar-refractivity contribution in [2.45, 2.75) is 63.8 Å². The molecule has 4 rings (SSSR count). The van der Waals surface area contributed by atoms with E-state index in [0.29, 0.717) is 24.8 Å². The maximum absolute atomic E-state index is 16.9. The Bertz CT molecular complexity index is 811. The van der Waals surface area contributed by atoms with Gasteiger partial charge in [-0.2, -0.15) is 0 Å². The number of allylic oxidation sites excluding steroid dienone is 4. The van der Waals surface area contributed by atoms with Crippen LogP contribution in [0.25, 0.3) is 0 Å². The van der Waals surface area contributed by atoms with Crippen molar-refractivity contribution in [3.8, 4) is 0 Å². The Labute approximate surface area is 192 Å². The molecule has 0 saturated heterocycles. The summed E-state index contributed by atoms with van der Waals surface area (Å²) in [6.45, 7) is 4.48. The molecule has 0 radical (unpaired) electrons. The second-order valence-electron chi connectivity index (χ2n) is 9.75. The number of carbonyl (C=O) groups is 2. The van der Waals surface area contributed by atoms with Crippen molar-refractivity contribution >= 4 is 41.1 Å². The predicted molar refractivity (Wildman–Crippen MR) is 107 cm³/mol. The van der Waals surface area contributed by atoms with Gasteiger partial charge in [0, 0.05) is 16.7 Å². The van der Waals surface area contributed by atoms with Gasteiger partial charge in [0.05, 0.1) is 6.10 Å². The van der Waals surface area contributed by atoms with Crippen LogP contribution in [0.5, 0.6) is 0 Å². The van der Waals surface area contributed by atoms with E-state index in [4.69, 9.17) is 0 Å². The Balaban J connectivity index is 0.00000240. The van der Waals surface area contributed by atoms with Gasteiger partial charge in [-0.1, -0.05) is 25.5 Å². The molecule has 5 nitrogen and oxygen atoms in total. The van der Waals surface area contributed by atoms with Crippen molar-refractivity contribution in [3.05, 3.63) is 23.8 Å². The van der Waals surface area contributed by atoms with Crippen LogP contribution in [0.2, 0.25) is 0 Å². The van der Waals surface area contributed by atoms with Crippen molar-refractivity contribution in [2.75, 3.05) is 6.61 Å². The Kier molecular flexibility index (Phi) is 5.68. The molecule has 0 amide bonds. The standard InChI is InChI=1S/C22H29FO5.Na.H/c1-12-8-16-15-5-4-13-9-14(25)6-7-19(13,2)21(15,23)17(26)10-20(16,3)22(12,28)18(27)11-24;;/h6-7,9,12,15-17,24,26,28H,4-5,8,10-11H2,1-3H3;;/t12-,15-,16-,17-,19-,20-,21-,22-;;/m0../s1. The fourth-order valence-corrected chi connectivity index (χ4v) is 7.26. The summed E-state index contributed by atoms with van der Waals surface area (Å²) in [4.78, 5) is 24.4. The topological polar surface area (TPSA) is 94.8 Å². The molecule has 0 aromatic carbocycles. The van der Waals surface area contributed by atoms with Crippen molar-refractivity contribution in [1.82, 2.24) is 0 Å². The Morgan fingerprint density at radius 2 is 1.97 bits per heavy atom. The van der Waals surface area contributed by atoms with Gasteiger partial charge in [-0.05, 0) is 56.6 Å². The summed E-state index contributed by atoms with van der Waals surface area (Å²) in [7, 11) is 0. The summed E-state index contributed by atoms with van der Waals surface area (Å²) < 4.78 is 16.9. The molecule has 8 atom stereocenters. The molecule has 0 aliphatic heterocycles. The molecule has 0 unspecified atom stereocenters. The summed E-state index contributed by atoms with van der Waals surface area (Å²) in [5.41, 5.74) is -5.17. The number of halogens is 1. The zero-order chi connectivity index (χ0) is 20.7. The monoisotopic (exact) mass is 416 g/mol. The Hall–Kier alpha value is -0.370. The van der Waals surface area contributed by atoms with Gasteiger partial charge in [-0.25, -0.2) is 4.39 Å². The first-order chi connectivity index (χ1) is 13.0. The molecule has 29 heavy (non-hydrogen) atoms. The molecule has 3 fully saturated rings. The quantitative estimate of drug-likeness (QED) is 0.589. The van der Waals surface area contributed by atoms with Crippen molar-refractivity contribution in [3.63, 3.8) is 0 Å². The van der Waals surface area contributed by atoms with E-state index in [2.05, 4.69) is 0 Å². The Morgan fingerprint density at radius 1 is 1.31 bits per heavy atom. The molecule has 0 heterocycles. The van der Waals surface area contributed by atoms with Crippen molar-refractivity contribution in [1.29, 1.82) is 0 Å². The third kappa shape index (κ3) is 2.60. The first-order valence-electron chi connectivity index (χ1n) is 10.1. The maximum atomic E-state index is 16.9. The van der Waals surface area contributed by atoms with Gasteiger partial charge in [0.25, 0.3) is 0 Å². The minimum absolute atomic E-state index is 0. The number of hydrogen-bond donors (Lipinski definition) is 3. The van der Waals surface area contributed by atoms with Gasteiger partial charge >= 0.3 is 29.6 Å². The number of aliphatic hydroxyl groups excluding tert-OH is 2. The van der Waals surface area contributed by atoms with E-state index in [1.807, 2.05) is 0 Å². The number of fused-ring (bicyclic) bond motifs is 5. The second kappa shape index (κ2) is 7.07. The van der Waals surface area contributed by atoms with Crippen LogP contribution in [0.4, 0.5) is 4.39 Å². The zero-order valence-corrected chi connectivity index (χ0v) is 16.6. The number of Topliss-reactive ketones (excluding diaryl/α,β-unsaturated/α-hetero) is 1. The number of carbonyl (C=O) groups excluding carboxylic acids is 2. The normalized spacial score (nSPS) is 50.7. The molecule has 4 aliphatic carbocycles. The predicted octanol–water partition coefficient (Wildman–Crippen LogP) is 1.25. The van der Waals surface area contributed by atoms with E-state index in [9.17, 15) is 24.9 Å². The molecular weight excluding hydrogens is 386 g/mol. The summed E-state index contributed by atoms with van der Waals surface area (Å²) in [5, 5.41) is 32.0.